The van der Waals surface area contributed by atoms with Gasteiger partial charge in [0.25, 0.3) is 5.91 Å². The number of hydrogen-bond donors (Lipinski definition) is 1. The molecular weight excluding hydrogens is 370 g/mol. The zero-order chi connectivity index (χ0) is 19.9. The van der Waals surface area contributed by atoms with E-state index >= 15 is 0 Å². The molecule has 1 aliphatic heterocycles. The van der Waals surface area contributed by atoms with E-state index < -0.39 is 27.9 Å². The molecule has 3 rings (SSSR count). The van der Waals surface area contributed by atoms with Crippen LogP contribution in [-0.2, 0) is 21.9 Å². The second kappa shape index (κ2) is 7.27. The van der Waals surface area contributed by atoms with Gasteiger partial charge in [0.15, 0.2) is 0 Å². The van der Waals surface area contributed by atoms with E-state index in [-0.39, 0.29) is 16.6 Å². The molecule has 1 saturated heterocycles. The summed E-state index contributed by atoms with van der Waals surface area (Å²) >= 11 is 0. The monoisotopic (exact) mass is 397 g/mol. The molecule has 2 fully saturated rings. The van der Waals surface area contributed by atoms with E-state index in [0.717, 1.165) is 25.7 Å². The normalized spacial score (nSPS) is 22.4. The summed E-state index contributed by atoms with van der Waals surface area (Å²) in [6, 6.07) is 0.324. The molecule has 0 aromatic carbocycles. The number of rotatable bonds is 6. The second-order valence-electron chi connectivity index (χ2n) is 7.74. The van der Waals surface area contributed by atoms with Crippen LogP contribution in [0.3, 0.4) is 0 Å². The van der Waals surface area contributed by atoms with Crippen LogP contribution in [-0.4, -0.2) is 64.3 Å². The fourth-order valence-corrected chi connectivity index (χ4v) is 5.33. The van der Waals surface area contributed by atoms with Crippen molar-refractivity contribution in [3.8, 4) is 0 Å². The van der Waals surface area contributed by atoms with Gasteiger partial charge in [-0.05, 0) is 44.6 Å². The lowest BCUT2D eigenvalue weighted by atomic mass is 10.0. The molecule has 1 N–H and O–H groups in total. The highest BCUT2D eigenvalue weighted by Gasteiger charge is 2.40. The van der Waals surface area contributed by atoms with Crippen LogP contribution in [0.25, 0.3) is 0 Å². The van der Waals surface area contributed by atoms with Gasteiger partial charge in [-0.2, -0.15) is 4.31 Å². The first-order chi connectivity index (χ1) is 12.6. The molecule has 0 radical (unpaired) electrons. The van der Waals surface area contributed by atoms with Gasteiger partial charge < -0.3 is 14.6 Å². The smallest absolute Gasteiger partial charge is 0.326 e. The Morgan fingerprint density at radius 2 is 1.96 bits per heavy atom. The lowest BCUT2D eigenvalue weighted by Crippen LogP contribution is -2.45. The first kappa shape index (κ1) is 19.9. The molecule has 8 nitrogen and oxygen atoms in total. The minimum atomic E-state index is -3.67. The number of carboxylic acid groups (broad SMARTS) is 1. The number of aliphatic carboxylic acids is 1. The minimum absolute atomic E-state index is 0.0844. The number of carbonyl (C=O) groups excluding carboxylic acids is 1. The fraction of sp³-hybridized carbons (Fsp3) is 0.667. The summed E-state index contributed by atoms with van der Waals surface area (Å²) in [5.41, 5.74) is 0.193. The van der Waals surface area contributed by atoms with E-state index in [1.54, 1.807) is 7.05 Å². The minimum Gasteiger partial charge on any atom is -0.480 e. The Balaban J connectivity index is 1.89. The van der Waals surface area contributed by atoms with Crippen LogP contribution in [0.2, 0.25) is 0 Å². The first-order valence-electron chi connectivity index (χ1n) is 9.35. The molecule has 2 heterocycles. The predicted octanol–water partition coefficient (Wildman–Crippen LogP) is 1.52. The third-order valence-corrected chi connectivity index (χ3v) is 7.24. The number of piperidine rings is 1. The third-order valence-electron chi connectivity index (χ3n) is 5.41. The highest BCUT2D eigenvalue weighted by molar-refractivity contribution is 7.89. The molecule has 1 amide bonds. The summed E-state index contributed by atoms with van der Waals surface area (Å²) in [6.07, 6.45) is 4.81. The SMILES string of the molecule is CC1CCCN(S(=O)(=O)c2cc(C(=O)N(C3CC3)C(C)C(=O)O)n(C)c2)C1. The number of hydrogen-bond acceptors (Lipinski definition) is 4. The average molecular weight is 397 g/mol. The number of sulfonamides is 1. The van der Waals surface area contributed by atoms with Gasteiger partial charge in [0, 0.05) is 32.4 Å². The Bertz CT molecular complexity index is 843. The molecular formula is C18H27N3O5S. The molecule has 1 aromatic heterocycles. The van der Waals surface area contributed by atoms with Crippen LogP contribution >= 0.6 is 0 Å². The van der Waals surface area contributed by atoms with E-state index in [2.05, 4.69) is 0 Å². The maximum Gasteiger partial charge on any atom is 0.326 e. The zero-order valence-corrected chi connectivity index (χ0v) is 16.8. The van der Waals surface area contributed by atoms with Gasteiger partial charge in [-0.1, -0.05) is 6.92 Å². The van der Waals surface area contributed by atoms with Crippen molar-refractivity contribution in [1.82, 2.24) is 13.8 Å². The molecule has 1 aromatic rings. The van der Waals surface area contributed by atoms with E-state index in [1.165, 1.54) is 33.0 Å². The third kappa shape index (κ3) is 3.89. The van der Waals surface area contributed by atoms with Crippen molar-refractivity contribution in [3.05, 3.63) is 18.0 Å². The van der Waals surface area contributed by atoms with Crippen LogP contribution in [0, 0.1) is 5.92 Å². The highest BCUT2D eigenvalue weighted by atomic mass is 32.2. The van der Waals surface area contributed by atoms with Crippen LogP contribution in [0.1, 0.15) is 50.0 Å². The fourth-order valence-electron chi connectivity index (χ4n) is 3.66. The van der Waals surface area contributed by atoms with Crippen LogP contribution < -0.4 is 0 Å². The van der Waals surface area contributed by atoms with Crippen molar-refractivity contribution in [3.63, 3.8) is 0 Å². The first-order valence-corrected chi connectivity index (χ1v) is 10.8. The molecule has 2 atom stereocenters. The van der Waals surface area contributed by atoms with Crippen molar-refractivity contribution >= 4 is 21.9 Å². The largest absolute Gasteiger partial charge is 0.480 e. The van der Waals surface area contributed by atoms with Crippen molar-refractivity contribution in [2.45, 2.75) is 56.5 Å². The molecule has 9 heteroatoms. The van der Waals surface area contributed by atoms with Crippen molar-refractivity contribution in [1.29, 1.82) is 0 Å². The number of amides is 1. The van der Waals surface area contributed by atoms with Crippen LogP contribution in [0.5, 0.6) is 0 Å². The molecule has 1 aliphatic carbocycles. The Morgan fingerprint density at radius 1 is 1.30 bits per heavy atom. The summed E-state index contributed by atoms with van der Waals surface area (Å²) in [5, 5.41) is 9.32. The zero-order valence-electron chi connectivity index (χ0n) is 16.0. The Hall–Kier alpha value is -1.87. The summed E-state index contributed by atoms with van der Waals surface area (Å²) in [6.45, 7) is 4.47. The molecule has 2 aliphatic rings. The molecule has 0 bridgehead atoms. The van der Waals surface area contributed by atoms with Gasteiger partial charge in [-0.25, -0.2) is 13.2 Å². The van der Waals surface area contributed by atoms with Gasteiger partial charge in [-0.15, -0.1) is 0 Å². The molecule has 150 valence electrons. The summed E-state index contributed by atoms with van der Waals surface area (Å²) in [7, 11) is -2.06. The summed E-state index contributed by atoms with van der Waals surface area (Å²) < 4.78 is 28.9. The van der Waals surface area contributed by atoms with Crippen molar-refractivity contribution < 1.29 is 23.1 Å². The highest BCUT2D eigenvalue weighted by Crippen LogP contribution is 2.31. The second-order valence-corrected chi connectivity index (χ2v) is 9.68. The van der Waals surface area contributed by atoms with Gasteiger partial charge in [-0.3, -0.25) is 4.79 Å². The molecule has 27 heavy (non-hydrogen) atoms. The van der Waals surface area contributed by atoms with Gasteiger partial charge >= 0.3 is 5.97 Å². The van der Waals surface area contributed by atoms with Gasteiger partial charge in [0.1, 0.15) is 16.6 Å². The van der Waals surface area contributed by atoms with Crippen LogP contribution in [0.4, 0.5) is 0 Å². The average Bonchev–Trinajstić information content (AvgIpc) is 3.35. The summed E-state index contributed by atoms with van der Waals surface area (Å²) in [4.78, 5) is 25.8. The van der Waals surface area contributed by atoms with Gasteiger partial charge in [0.2, 0.25) is 10.0 Å². The maximum absolute atomic E-state index is 13.0. The number of aryl methyl sites for hydroxylation is 1. The Labute approximate surface area is 159 Å². The van der Waals surface area contributed by atoms with E-state index in [4.69, 9.17) is 0 Å². The van der Waals surface area contributed by atoms with E-state index in [0.29, 0.717) is 19.0 Å². The topological polar surface area (TPSA) is 99.9 Å². The Morgan fingerprint density at radius 3 is 2.52 bits per heavy atom. The molecule has 1 saturated carbocycles. The van der Waals surface area contributed by atoms with E-state index in [1.807, 2.05) is 6.92 Å². The quantitative estimate of drug-likeness (QED) is 0.785. The summed E-state index contributed by atoms with van der Waals surface area (Å²) in [5.74, 6) is -1.21. The molecule has 0 spiro atoms. The van der Waals surface area contributed by atoms with E-state index in [9.17, 15) is 23.1 Å². The van der Waals surface area contributed by atoms with Crippen LogP contribution in [0.15, 0.2) is 17.2 Å². The lowest BCUT2D eigenvalue weighted by Gasteiger charge is -2.29. The Kier molecular flexibility index (Phi) is 5.36. The van der Waals surface area contributed by atoms with Crippen molar-refractivity contribution in [2.75, 3.05) is 13.1 Å². The standard InChI is InChI=1S/C18H27N3O5S/c1-12-5-4-8-20(10-12)27(25,26)15-9-16(19(3)11-15)17(22)21(14-6-7-14)13(2)18(23)24/h9,11-14H,4-8,10H2,1-3H3,(H,23,24). The van der Waals surface area contributed by atoms with Crippen molar-refractivity contribution in [2.24, 2.45) is 13.0 Å². The number of carboxylic acids is 1. The number of carbonyl (C=O) groups is 2. The number of aromatic nitrogens is 1. The lowest BCUT2D eigenvalue weighted by molar-refractivity contribution is -0.141. The predicted molar refractivity (Wildman–Crippen MR) is 98.9 cm³/mol. The maximum atomic E-state index is 13.0. The number of nitrogens with zero attached hydrogens (tertiary/aromatic N) is 3. The van der Waals surface area contributed by atoms with Gasteiger partial charge in [0.05, 0.1) is 0 Å². The molecule has 2 unspecified atom stereocenters.